The van der Waals surface area contributed by atoms with Crippen LogP contribution in [0.15, 0.2) is 0 Å². The van der Waals surface area contributed by atoms with Crippen molar-refractivity contribution < 1.29 is 4.79 Å². The van der Waals surface area contributed by atoms with Gasteiger partial charge in [-0.05, 0) is 69.2 Å². The summed E-state index contributed by atoms with van der Waals surface area (Å²) in [4.78, 5) is 12.2. The van der Waals surface area contributed by atoms with Crippen LogP contribution in [0.1, 0.15) is 71.6 Å². The van der Waals surface area contributed by atoms with E-state index in [1.165, 1.54) is 38.5 Å². The molecule has 3 nitrogen and oxygen atoms in total. The fourth-order valence-corrected chi connectivity index (χ4v) is 4.75. The molecular formula is C18H34N2O. The van der Waals surface area contributed by atoms with Crippen molar-refractivity contribution in [2.75, 3.05) is 6.54 Å². The molecule has 2 fully saturated rings. The number of hydrogen-bond acceptors (Lipinski definition) is 2. The van der Waals surface area contributed by atoms with Crippen molar-refractivity contribution in [1.29, 1.82) is 0 Å². The van der Waals surface area contributed by atoms with Crippen molar-refractivity contribution in [3.63, 3.8) is 0 Å². The summed E-state index contributed by atoms with van der Waals surface area (Å²) >= 11 is 0. The Hall–Kier alpha value is -0.570. The Morgan fingerprint density at radius 1 is 1.24 bits per heavy atom. The molecular weight excluding hydrogens is 260 g/mol. The lowest BCUT2D eigenvalue weighted by Crippen LogP contribution is -2.40. The normalized spacial score (nSPS) is 30.3. The minimum Gasteiger partial charge on any atom is -0.353 e. The number of carbonyl (C=O) groups excluding carboxylic acids is 1. The molecule has 0 aromatic heterocycles. The van der Waals surface area contributed by atoms with E-state index in [-0.39, 0.29) is 5.91 Å². The molecule has 0 aromatic carbocycles. The molecule has 0 heterocycles. The lowest BCUT2D eigenvalue weighted by molar-refractivity contribution is -0.122. The van der Waals surface area contributed by atoms with Crippen molar-refractivity contribution in [3.05, 3.63) is 0 Å². The van der Waals surface area contributed by atoms with Crippen LogP contribution in [0.2, 0.25) is 0 Å². The predicted molar refractivity (Wildman–Crippen MR) is 87.8 cm³/mol. The minimum atomic E-state index is 0.253. The number of carbonyl (C=O) groups is 1. The first-order valence-electron chi connectivity index (χ1n) is 9.13. The first kappa shape index (κ1) is 16.8. The average molecular weight is 294 g/mol. The van der Waals surface area contributed by atoms with Crippen LogP contribution in [0.4, 0.5) is 0 Å². The summed E-state index contributed by atoms with van der Waals surface area (Å²) in [5, 5.41) is 3.28. The highest BCUT2D eigenvalue weighted by Crippen LogP contribution is 2.49. The van der Waals surface area contributed by atoms with Gasteiger partial charge in [0.25, 0.3) is 0 Å². The second-order valence-electron chi connectivity index (χ2n) is 7.47. The lowest BCUT2D eigenvalue weighted by atomic mass is 9.84. The maximum atomic E-state index is 12.2. The molecule has 2 aliphatic rings. The number of amides is 1. The Morgan fingerprint density at radius 2 is 2.05 bits per heavy atom. The second-order valence-corrected chi connectivity index (χ2v) is 7.47. The topological polar surface area (TPSA) is 55.1 Å². The number of hydrogen-bond donors (Lipinski definition) is 2. The van der Waals surface area contributed by atoms with Gasteiger partial charge < -0.3 is 11.1 Å². The van der Waals surface area contributed by atoms with Crippen molar-refractivity contribution >= 4 is 5.91 Å². The number of fused-ring (bicyclic) bond motifs is 2. The van der Waals surface area contributed by atoms with E-state index in [4.69, 9.17) is 5.73 Å². The van der Waals surface area contributed by atoms with Gasteiger partial charge in [-0.15, -0.1) is 0 Å². The van der Waals surface area contributed by atoms with Gasteiger partial charge in [0.2, 0.25) is 5.91 Å². The molecule has 3 heteroatoms. The van der Waals surface area contributed by atoms with E-state index < -0.39 is 0 Å². The Kier molecular flexibility index (Phi) is 6.53. The first-order chi connectivity index (χ1) is 10.1. The zero-order valence-electron chi connectivity index (χ0n) is 13.9. The van der Waals surface area contributed by atoms with Gasteiger partial charge in [0.1, 0.15) is 0 Å². The molecule has 0 radical (unpaired) electrons. The molecule has 2 bridgehead atoms. The molecule has 0 spiro atoms. The highest BCUT2D eigenvalue weighted by atomic mass is 16.1. The summed E-state index contributed by atoms with van der Waals surface area (Å²) < 4.78 is 0. The number of rotatable bonds is 9. The van der Waals surface area contributed by atoms with Crippen LogP contribution < -0.4 is 11.1 Å². The summed E-state index contributed by atoms with van der Waals surface area (Å²) in [7, 11) is 0. The summed E-state index contributed by atoms with van der Waals surface area (Å²) in [5.41, 5.74) is 5.66. The fourth-order valence-electron chi connectivity index (χ4n) is 4.75. The molecule has 5 unspecified atom stereocenters. The number of nitrogens with one attached hydrogen (secondary N) is 1. The average Bonchev–Trinajstić information content (AvgIpc) is 3.08. The molecule has 2 saturated carbocycles. The maximum Gasteiger partial charge on any atom is 0.220 e. The van der Waals surface area contributed by atoms with Crippen LogP contribution in [0.5, 0.6) is 0 Å². The van der Waals surface area contributed by atoms with E-state index in [2.05, 4.69) is 19.2 Å². The van der Waals surface area contributed by atoms with Gasteiger partial charge in [0.15, 0.2) is 0 Å². The van der Waals surface area contributed by atoms with E-state index in [9.17, 15) is 4.79 Å². The SMILES string of the molecule is CCCC(CCN)CCC(=O)NC(C)C1CC2CCC1C2. The van der Waals surface area contributed by atoms with Crippen LogP contribution in [0.25, 0.3) is 0 Å². The molecule has 3 N–H and O–H groups in total. The summed E-state index contributed by atoms with van der Waals surface area (Å²) in [5.74, 6) is 3.46. The van der Waals surface area contributed by atoms with Gasteiger partial charge in [0, 0.05) is 12.5 Å². The molecule has 122 valence electrons. The molecule has 0 saturated heterocycles. The van der Waals surface area contributed by atoms with Crippen molar-refractivity contribution in [1.82, 2.24) is 5.32 Å². The van der Waals surface area contributed by atoms with Crippen LogP contribution in [0, 0.1) is 23.7 Å². The molecule has 1 amide bonds. The first-order valence-corrected chi connectivity index (χ1v) is 9.13. The van der Waals surface area contributed by atoms with Gasteiger partial charge in [-0.3, -0.25) is 4.79 Å². The quantitative estimate of drug-likeness (QED) is 0.684. The second kappa shape index (κ2) is 8.17. The third-order valence-corrected chi connectivity index (χ3v) is 5.88. The zero-order valence-corrected chi connectivity index (χ0v) is 13.9. The van der Waals surface area contributed by atoms with E-state index in [0.29, 0.717) is 18.4 Å². The minimum absolute atomic E-state index is 0.253. The summed E-state index contributed by atoms with van der Waals surface area (Å²) in [6.07, 6.45) is 10.7. The van der Waals surface area contributed by atoms with Crippen molar-refractivity contribution in [2.45, 2.75) is 77.7 Å². The molecule has 2 aliphatic carbocycles. The van der Waals surface area contributed by atoms with E-state index >= 15 is 0 Å². The number of nitrogens with two attached hydrogens (primary N) is 1. The van der Waals surface area contributed by atoms with Crippen LogP contribution in [-0.4, -0.2) is 18.5 Å². The maximum absolute atomic E-state index is 12.2. The van der Waals surface area contributed by atoms with Gasteiger partial charge >= 0.3 is 0 Å². The van der Waals surface area contributed by atoms with Gasteiger partial charge in [-0.2, -0.15) is 0 Å². The standard InChI is InChI=1S/C18H34N2O/c1-3-4-14(9-10-19)6-8-18(21)20-13(2)17-12-15-5-7-16(17)11-15/h13-17H,3-12,19H2,1-2H3,(H,20,21). The van der Waals surface area contributed by atoms with Crippen LogP contribution in [0.3, 0.4) is 0 Å². The molecule has 2 rings (SSSR count). The van der Waals surface area contributed by atoms with Gasteiger partial charge in [-0.1, -0.05) is 26.2 Å². The predicted octanol–water partition coefficient (Wildman–Crippen LogP) is 3.47. The monoisotopic (exact) mass is 294 g/mol. The Balaban J connectivity index is 1.68. The summed E-state index contributed by atoms with van der Waals surface area (Å²) in [6, 6.07) is 0.368. The molecule has 0 aliphatic heterocycles. The zero-order chi connectivity index (χ0) is 15.2. The van der Waals surface area contributed by atoms with Crippen molar-refractivity contribution in [3.8, 4) is 0 Å². The van der Waals surface area contributed by atoms with E-state index in [1.807, 2.05) is 0 Å². The Labute approximate surface area is 130 Å². The highest BCUT2D eigenvalue weighted by molar-refractivity contribution is 5.76. The van der Waals surface area contributed by atoms with Gasteiger partial charge in [-0.25, -0.2) is 0 Å². The third kappa shape index (κ3) is 4.70. The van der Waals surface area contributed by atoms with E-state index in [0.717, 1.165) is 37.1 Å². The highest BCUT2D eigenvalue weighted by Gasteiger charge is 2.42. The van der Waals surface area contributed by atoms with Crippen LogP contribution >= 0.6 is 0 Å². The Bertz CT molecular complexity index is 325. The smallest absolute Gasteiger partial charge is 0.220 e. The third-order valence-electron chi connectivity index (χ3n) is 5.88. The lowest BCUT2D eigenvalue weighted by Gasteiger charge is -2.28. The fraction of sp³-hybridized carbons (Fsp3) is 0.944. The van der Waals surface area contributed by atoms with Gasteiger partial charge in [0.05, 0.1) is 0 Å². The summed E-state index contributed by atoms with van der Waals surface area (Å²) in [6.45, 7) is 5.17. The van der Waals surface area contributed by atoms with E-state index in [1.54, 1.807) is 0 Å². The van der Waals surface area contributed by atoms with Crippen LogP contribution in [-0.2, 0) is 4.79 Å². The largest absolute Gasteiger partial charge is 0.353 e. The Morgan fingerprint density at radius 3 is 2.62 bits per heavy atom. The molecule has 21 heavy (non-hydrogen) atoms. The molecule has 0 aromatic rings. The molecule has 5 atom stereocenters. The van der Waals surface area contributed by atoms with Crippen molar-refractivity contribution in [2.24, 2.45) is 29.4 Å².